The maximum atomic E-state index is 12.8. The molecule has 0 unspecified atom stereocenters. The first-order chi connectivity index (χ1) is 14.4. The maximum Gasteiger partial charge on any atom is 0.304 e. The second-order valence-electron chi connectivity index (χ2n) is 7.55. The quantitative estimate of drug-likeness (QED) is 0.762. The number of benzene rings is 2. The zero-order chi connectivity index (χ0) is 21.1. The van der Waals surface area contributed by atoms with E-state index in [0.29, 0.717) is 18.7 Å². The summed E-state index contributed by atoms with van der Waals surface area (Å²) in [7, 11) is -3.75. The van der Waals surface area contributed by atoms with Gasteiger partial charge in [0.05, 0.1) is 6.54 Å². The van der Waals surface area contributed by atoms with Gasteiger partial charge < -0.3 is 4.90 Å². The van der Waals surface area contributed by atoms with Crippen LogP contribution in [0, 0.1) is 0 Å². The number of nitrogens with one attached hydrogen (secondary N) is 1. The highest BCUT2D eigenvalue weighted by Crippen LogP contribution is 2.15. The van der Waals surface area contributed by atoms with E-state index in [1.54, 1.807) is 24.3 Å². The van der Waals surface area contributed by atoms with Crippen molar-refractivity contribution in [2.75, 3.05) is 32.7 Å². The summed E-state index contributed by atoms with van der Waals surface area (Å²) in [6, 6.07) is 17.2. The highest BCUT2D eigenvalue weighted by Gasteiger charge is 2.33. The summed E-state index contributed by atoms with van der Waals surface area (Å²) in [5, 5.41) is 0. The summed E-state index contributed by atoms with van der Waals surface area (Å²) in [6.07, 6.45) is 0. The molecular formula is C21H24N4O4S. The molecule has 2 fully saturated rings. The largest absolute Gasteiger partial charge is 0.336 e. The van der Waals surface area contributed by atoms with Gasteiger partial charge in [0, 0.05) is 44.8 Å². The minimum atomic E-state index is -3.75. The Balaban J connectivity index is 1.31. The molecule has 2 amide bonds. The number of carbonyl (C=O) groups excluding carboxylic acids is 2. The molecular weight excluding hydrogens is 404 g/mol. The Morgan fingerprint density at radius 3 is 2.10 bits per heavy atom. The molecule has 9 heteroatoms. The fourth-order valence-corrected chi connectivity index (χ4v) is 4.80. The third-order valence-electron chi connectivity index (χ3n) is 5.37. The Kier molecular flexibility index (Phi) is 5.85. The van der Waals surface area contributed by atoms with Gasteiger partial charge in [-0.2, -0.15) is 12.7 Å². The molecule has 158 valence electrons. The molecule has 0 saturated carbocycles. The first-order valence-corrected chi connectivity index (χ1v) is 11.3. The van der Waals surface area contributed by atoms with Gasteiger partial charge in [-0.25, -0.2) is 4.72 Å². The lowest BCUT2D eigenvalue weighted by atomic mass is 10.1. The van der Waals surface area contributed by atoms with Crippen LogP contribution in [0.5, 0.6) is 0 Å². The Hall–Kier alpha value is -2.75. The predicted octanol–water partition coefficient (Wildman–Crippen LogP) is 0.821. The minimum absolute atomic E-state index is 0.0217. The van der Waals surface area contributed by atoms with Crippen LogP contribution in [0.4, 0.5) is 0 Å². The topological polar surface area (TPSA) is 90.0 Å². The fraction of sp³-hybridized carbons (Fsp3) is 0.333. The molecule has 8 nitrogen and oxygen atoms in total. The molecule has 1 N–H and O–H groups in total. The van der Waals surface area contributed by atoms with Gasteiger partial charge in [-0.05, 0) is 23.3 Å². The summed E-state index contributed by atoms with van der Waals surface area (Å²) in [6.45, 7) is 3.79. The van der Waals surface area contributed by atoms with Crippen molar-refractivity contribution in [1.82, 2.24) is 18.8 Å². The van der Waals surface area contributed by atoms with Gasteiger partial charge in [0.15, 0.2) is 0 Å². The molecule has 0 spiro atoms. The summed E-state index contributed by atoms with van der Waals surface area (Å²) >= 11 is 0. The van der Waals surface area contributed by atoms with Gasteiger partial charge in [-0.15, -0.1) is 0 Å². The van der Waals surface area contributed by atoms with Crippen molar-refractivity contribution in [3.8, 4) is 0 Å². The van der Waals surface area contributed by atoms with E-state index >= 15 is 0 Å². The number of hydrogen-bond acceptors (Lipinski definition) is 5. The van der Waals surface area contributed by atoms with Crippen molar-refractivity contribution in [3.05, 3.63) is 71.3 Å². The van der Waals surface area contributed by atoms with Crippen molar-refractivity contribution >= 4 is 22.0 Å². The first kappa shape index (κ1) is 20.5. The van der Waals surface area contributed by atoms with Gasteiger partial charge in [-0.3, -0.25) is 14.5 Å². The Morgan fingerprint density at radius 2 is 1.50 bits per heavy atom. The smallest absolute Gasteiger partial charge is 0.304 e. The lowest BCUT2D eigenvalue weighted by molar-refractivity contribution is -0.118. The number of rotatable bonds is 5. The number of carbonyl (C=O) groups is 2. The van der Waals surface area contributed by atoms with Crippen LogP contribution in [0.3, 0.4) is 0 Å². The molecule has 0 atom stereocenters. The molecule has 0 bridgehead atoms. The van der Waals surface area contributed by atoms with Crippen LogP contribution < -0.4 is 4.72 Å². The van der Waals surface area contributed by atoms with E-state index in [-0.39, 0.29) is 19.0 Å². The van der Waals surface area contributed by atoms with E-state index in [1.807, 2.05) is 27.8 Å². The molecule has 2 aliphatic rings. The monoisotopic (exact) mass is 428 g/mol. The van der Waals surface area contributed by atoms with Crippen LogP contribution >= 0.6 is 0 Å². The van der Waals surface area contributed by atoms with Gasteiger partial charge in [0.1, 0.15) is 0 Å². The van der Waals surface area contributed by atoms with Crippen LogP contribution in [0.15, 0.2) is 54.6 Å². The van der Waals surface area contributed by atoms with Crippen molar-refractivity contribution in [1.29, 1.82) is 0 Å². The van der Waals surface area contributed by atoms with Crippen molar-refractivity contribution in [2.45, 2.75) is 13.1 Å². The van der Waals surface area contributed by atoms with Gasteiger partial charge in [-0.1, -0.05) is 42.5 Å². The van der Waals surface area contributed by atoms with E-state index in [9.17, 15) is 18.0 Å². The van der Waals surface area contributed by atoms with Crippen LogP contribution in [0.1, 0.15) is 21.5 Å². The highest BCUT2D eigenvalue weighted by molar-refractivity contribution is 7.88. The average molecular weight is 429 g/mol. The molecule has 2 aliphatic heterocycles. The second kappa shape index (κ2) is 8.55. The average Bonchev–Trinajstić information content (AvgIpc) is 3.00. The molecule has 2 aromatic rings. The minimum Gasteiger partial charge on any atom is -0.336 e. The maximum absolute atomic E-state index is 12.8. The molecule has 30 heavy (non-hydrogen) atoms. The summed E-state index contributed by atoms with van der Waals surface area (Å²) < 4.78 is 26.7. The van der Waals surface area contributed by atoms with Gasteiger partial charge >= 0.3 is 10.2 Å². The number of nitrogens with zero attached hydrogens (tertiary/aromatic N) is 3. The van der Waals surface area contributed by atoms with E-state index in [2.05, 4.69) is 17.0 Å². The van der Waals surface area contributed by atoms with Crippen LogP contribution in [0.2, 0.25) is 0 Å². The van der Waals surface area contributed by atoms with Gasteiger partial charge in [0.2, 0.25) is 5.91 Å². The Morgan fingerprint density at radius 1 is 0.867 bits per heavy atom. The molecule has 2 aromatic carbocycles. The zero-order valence-electron chi connectivity index (χ0n) is 16.5. The van der Waals surface area contributed by atoms with Crippen LogP contribution in [0.25, 0.3) is 0 Å². The lowest BCUT2D eigenvalue weighted by Crippen LogP contribution is -2.48. The first-order valence-electron chi connectivity index (χ1n) is 9.86. The third kappa shape index (κ3) is 4.69. The summed E-state index contributed by atoms with van der Waals surface area (Å²) in [5.74, 6) is -0.556. The number of amides is 2. The van der Waals surface area contributed by atoms with Crippen molar-refractivity contribution < 1.29 is 18.0 Å². The number of hydrogen-bond donors (Lipinski definition) is 1. The summed E-state index contributed by atoms with van der Waals surface area (Å²) in [5.41, 5.74) is 2.57. The Bertz CT molecular complexity index is 1020. The molecule has 0 aromatic heterocycles. The molecule has 0 aliphatic carbocycles. The predicted molar refractivity (Wildman–Crippen MR) is 112 cm³/mol. The Labute approximate surface area is 176 Å². The van der Waals surface area contributed by atoms with Crippen LogP contribution in [-0.4, -0.2) is 67.1 Å². The standard InChI is InChI=1S/C21H24N4O4S/c26-20-16-25(30(28,29)22-20)15-18-6-8-19(9-7-18)21(27)24-12-10-23(11-13-24)14-17-4-2-1-3-5-17/h1-9H,10-16H2,(H,22,26). The van der Waals surface area contributed by atoms with Gasteiger partial charge in [0.25, 0.3) is 5.91 Å². The highest BCUT2D eigenvalue weighted by atomic mass is 32.2. The third-order valence-corrected chi connectivity index (χ3v) is 6.79. The molecule has 2 heterocycles. The molecule has 0 radical (unpaired) electrons. The van der Waals surface area contributed by atoms with Crippen molar-refractivity contribution in [3.63, 3.8) is 0 Å². The van der Waals surface area contributed by atoms with E-state index < -0.39 is 16.1 Å². The zero-order valence-corrected chi connectivity index (χ0v) is 17.3. The molecule has 4 rings (SSSR count). The van der Waals surface area contributed by atoms with Crippen molar-refractivity contribution in [2.24, 2.45) is 0 Å². The van der Waals surface area contributed by atoms with E-state index in [0.717, 1.165) is 29.5 Å². The summed E-state index contributed by atoms with van der Waals surface area (Å²) in [4.78, 5) is 28.3. The second-order valence-corrected chi connectivity index (χ2v) is 9.22. The normalized spacial score (nSPS) is 19.6. The van der Waals surface area contributed by atoms with E-state index in [1.165, 1.54) is 5.56 Å². The molecule has 2 saturated heterocycles. The number of piperazine rings is 1. The lowest BCUT2D eigenvalue weighted by Gasteiger charge is -2.34. The SMILES string of the molecule is O=C1CN(Cc2ccc(C(=O)N3CCN(Cc4ccccc4)CC3)cc2)S(=O)(=O)N1. The van der Waals surface area contributed by atoms with Crippen LogP contribution in [-0.2, 0) is 28.1 Å². The van der Waals surface area contributed by atoms with E-state index in [4.69, 9.17) is 0 Å². The fourth-order valence-electron chi connectivity index (χ4n) is 3.72.